The zero-order valence-corrected chi connectivity index (χ0v) is 16.1. The van der Waals surface area contributed by atoms with Gasteiger partial charge in [0.25, 0.3) is 5.69 Å². The monoisotopic (exact) mass is 404 g/mol. The Morgan fingerprint density at radius 3 is 2.07 bits per heavy atom. The van der Waals surface area contributed by atoms with Gasteiger partial charge in [-0.2, -0.15) is 0 Å². The molecule has 152 valence electrons. The normalized spacial score (nSPS) is 10.4. The number of esters is 1. The van der Waals surface area contributed by atoms with E-state index >= 15 is 0 Å². The molecule has 30 heavy (non-hydrogen) atoms. The second-order valence-corrected chi connectivity index (χ2v) is 6.56. The van der Waals surface area contributed by atoms with E-state index in [4.69, 9.17) is 4.74 Å². The summed E-state index contributed by atoms with van der Waals surface area (Å²) in [6, 6.07) is 24.4. The average Bonchev–Trinajstić information content (AvgIpc) is 2.78. The summed E-state index contributed by atoms with van der Waals surface area (Å²) in [4.78, 5) is 35.2. The molecule has 0 heterocycles. The number of non-ortho nitro benzene ring substituents is 1. The number of nitrogens with zero attached hydrogens (tertiary/aromatic N) is 1. The number of rotatable bonds is 8. The molecule has 0 fully saturated rings. The summed E-state index contributed by atoms with van der Waals surface area (Å²) in [7, 11) is 0. The maximum Gasteiger partial charge on any atom is 0.325 e. The molecule has 3 aromatic carbocycles. The van der Waals surface area contributed by atoms with E-state index in [-0.39, 0.29) is 24.7 Å². The summed E-state index contributed by atoms with van der Waals surface area (Å²) in [5, 5.41) is 13.4. The number of nitro benzene ring substituents is 1. The van der Waals surface area contributed by atoms with Gasteiger partial charge in [-0.05, 0) is 16.7 Å². The Hall–Kier alpha value is -4.00. The van der Waals surface area contributed by atoms with Crippen LogP contribution in [0.4, 0.5) is 5.69 Å². The summed E-state index contributed by atoms with van der Waals surface area (Å²) < 4.78 is 5.13. The molecule has 0 radical (unpaired) electrons. The van der Waals surface area contributed by atoms with Crippen molar-refractivity contribution in [2.75, 3.05) is 6.54 Å². The lowest BCUT2D eigenvalue weighted by Crippen LogP contribution is -2.34. The van der Waals surface area contributed by atoms with Crippen molar-refractivity contribution in [3.8, 4) is 0 Å². The first-order valence-corrected chi connectivity index (χ1v) is 9.31. The van der Waals surface area contributed by atoms with Crippen LogP contribution in [0.1, 0.15) is 22.6 Å². The van der Waals surface area contributed by atoms with E-state index in [2.05, 4.69) is 5.32 Å². The number of nitro groups is 1. The Bertz CT molecular complexity index is 983. The summed E-state index contributed by atoms with van der Waals surface area (Å²) in [6.07, 6.45) is 0. The number of hydrogen-bond donors (Lipinski definition) is 1. The van der Waals surface area contributed by atoms with Crippen LogP contribution in [-0.4, -0.2) is 23.3 Å². The van der Waals surface area contributed by atoms with Crippen molar-refractivity contribution in [1.82, 2.24) is 5.32 Å². The van der Waals surface area contributed by atoms with Crippen LogP contribution in [0.5, 0.6) is 0 Å². The van der Waals surface area contributed by atoms with Crippen molar-refractivity contribution < 1.29 is 19.2 Å². The third kappa shape index (κ3) is 5.51. The van der Waals surface area contributed by atoms with Crippen LogP contribution >= 0.6 is 0 Å². The molecule has 0 aliphatic rings. The topological polar surface area (TPSA) is 98.5 Å². The first kappa shape index (κ1) is 20.7. The van der Waals surface area contributed by atoms with Crippen molar-refractivity contribution in [2.45, 2.75) is 12.5 Å². The molecule has 0 saturated heterocycles. The number of hydrogen-bond acceptors (Lipinski definition) is 5. The molecule has 3 rings (SSSR count). The van der Waals surface area contributed by atoms with E-state index in [1.54, 1.807) is 6.07 Å². The summed E-state index contributed by atoms with van der Waals surface area (Å²) in [5.41, 5.74) is 2.04. The molecule has 0 aliphatic carbocycles. The van der Waals surface area contributed by atoms with Crippen LogP contribution in [0.2, 0.25) is 0 Å². The molecule has 1 N–H and O–H groups in total. The van der Waals surface area contributed by atoms with Crippen LogP contribution in [0.25, 0.3) is 0 Å². The van der Waals surface area contributed by atoms with E-state index in [0.717, 1.165) is 11.1 Å². The third-order valence-corrected chi connectivity index (χ3v) is 4.46. The Labute approximate surface area is 173 Å². The molecular formula is C23H20N2O5. The minimum absolute atomic E-state index is 0.0783. The van der Waals surface area contributed by atoms with Gasteiger partial charge in [0.2, 0.25) is 5.91 Å². The van der Waals surface area contributed by atoms with Crippen LogP contribution in [-0.2, 0) is 20.9 Å². The van der Waals surface area contributed by atoms with Gasteiger partial charge in [0.1, 0.15) is 13.2 Å². The lowest BCUT2D eigenvalue weighted by atomic mass is 9.90. The predicted molar refractivity (Wildman–Crippen MR) is 111 cm³/mol. The predicted octanol–water partition coefficient (Wildman–Crippen LogP) is 3.59. The first-order valence-electron chi connectivity index (χ1n) is 9.31. The zero-order valence-electron chi connectivity index (χ0n) is 16.1. The van der Waals surface area contributed by atoms with Crippen LogP contribution in [0.15, 0.2) is 84.9 Å². The summed E-state index contributed by atoms with van der Waals surface area (Å²) in [5.74, 6) is -1.51. The lowest BCUT2D eigenvalue weighted by molar-refractivity contribution is -0.384. The molecule has 0 saturated carbocycles. The molecule has 0 unspecified atom stereocenters. The Balaban J connectivity index is 1.60. The van der Waals surface area contributed by atoms with Gasteiger partial charge >= 0.3 is 5.97 Å². The van der Waals surface area contributed by atoms with Gasteiger partial charge in [-0.3, -0.25) is 19.7 Å². The Morgan fingerprint density at radius 2 is 1.50 bits per heavy atom. The number of amides is 1. The molecule has 0 atom stereocenters. The highest BCUT2D eigenvalue weighted by molar-refractivity contribution is 5.89. The zero-order chi connectivity index (χ0) is 21.3. The molecule has 0 aliphatic heterocycles. The second-order valence-electron chi connectivity index (χ2n) is 6.56. The van der Waals surface area contributed by atoms with E-state index in [1.165, 1.54) is 18.2 Å². The lowest BCUT2D eigenvalue weighted by Gasteiger charge is -2.17. The Morgan fingerprint density at radius 1 is 0.900 bits per heavy atom. The fourth-order valence-electron chi connectivity index (χ4n) is 3.02. The van der Waals surface area contributed by atoms with E-state index < -0.39 is 16.8 Å². The minimum atomic E-state index is -0.630. The highest BCUT2D eigenvalue weighted by Gasteiger charge is 2.23. The third-order valence-electron chi connectivity index (χ3n) is 4.46. The first-order chi connectivity index (χ1) is 14.5. The number of carbonyl (C=O) groups excluding carboxylic acids is 2. The SMILES string of the molecule is O=C(CNC(=O)C(c1ccccc1)c1ccccc1)OCc1cccc([N+](=O)[O-])c1. The molecular weight excluding hydrogens is 384 g/mol. The number of benzene rings is 3. The summed E-state index contributed by atoms with van der Waals surface area (Å²) >= 11 is 0. The number of carbonyl (C=O) groups is 2. The molecule has 0 aromatic heterocycles. The second kappa shape index (κ2) is 9.97. The standard InChI is InChI=1S/C23H20N2O5/c26-21(30-16-17-8-7-13-20(14-17)25(28)29)15-24-23(27)22(18-9-3-1-4-10-18)19-11-5-2-6-12-19/h1-14,22H,15-16H2,(H,24,27). The maximum absolute atomic E-state index is 12.8. The van der Waals surface area contributed by atoms with Crippen LogP contribution in [0, 0.1) is 10.1 Å². The number of ether oxygens (including phenoxy) is 1. The molecule has 7 nitrogen and oxygen atoms in total. The van der Waals surface area contributed by atoms with E-state index in [0.29, 0.717) is 5.56 Å². The Kier molecular flexibility index (Phi) is 6.89. The molecule has 3 aromatic rings. The van der Waals surface area contributed by atoms with Gasteiger partial charge in [-0.25, -0.2) is 0 Å². The van der Waals surface area contributed by atoms with Gasteiger partial charge in [0.05, 0.1) is 10.8 Å². The highest BCUT2D eigenvalue weighted by Crippen LogP contribution is 2.24. The van der Waals surface area contributed by atoms with Gasteiger partial charge < -0.3 is 10.1 Å². The fraction of sp³-hybridized carbons (Fsp3) is 0.130. The molecule has 0 bridgehead atoms. The number of nitrogens with one attached hydrogen (secondary N) is 1. The largest absolute Gasteiger partial charge is 0.459 e. The van der Waals surface area contributed by atoms with Crippen LogP contribution in [0.3, 0.4) is 0 Å². The van der Waals surface area contributed by atoms with Crippen molar-refractivity contribution in [3.63, 3.8) is 0 Å². The fourth-order valence-corrected chi connectivity index (χ4v) is 3.02. The average molecular weight is 404 g/mol. The van der Waals surface area contributed by atoms with Gasteiger partial charge in [0, 0.05) is 12.1 Å². The quantitative estimate of drug-likeness (QED) is 0.351. The molecule has 1 amide bonds. The van der Waals surface area contributed by atoms with Crippen molar-refractivity contribution in [3.05, 3.63) is 112 Å². The maximum atomic E-state index is 12.8. The minimum Gasteiger partial charge on any atom is -0.459 e. The smallest absolute Gasteiger partial charge is 0.325 e. The van der Waals surface area contributed by atoms with Gasteiger partial charge in [0.15, 0.2) is 0 Å². The van der Waals surface area contributed by atoms with Gasteiger partial charge in [-0.1, -0.05) is 72.8 Å². The van der Waals surface area contributed by atoms with Crippen LogP contribution < -0.4 is 5.32 Å². The summed E-state index contributed by atoms with van der Waals surface area (Å²) in [6.45, 7) is -0.416. The van der Waals surface area contributed by atoms with Gasteiger partial charge in [-0.15, -0.1) is 0 Å². The molecule has 7 heteroatoms. The van der Waals surface area contributed by atoms with E-state index in [1.807, 2.05) is 60.7 Å². The molecule has 0 spiro atoms. The van der Waals surface area contributed by atoms with Crippen molar-refractivity contribution in [2.24, 2.45) is 0 Å². The van der Waals surface area contributed by atoms with Crippen molar-refractivity contribution >= 4 is 17.6 Å². The van der Waals surface area contributed by atoms with E-state index in [9.17, 15) is 19.7 Å². The van der Waals surface area contributed by atoms with Crippen molar-refractivity contribution in [1.29, 1.82) is 0 Å². The highest BCUT2D eigenvalue weighted by atomic mass is 16.6.